The van der Waals surface area contributed by atoms with Gasteiger partial charge in [0.1, 0.15) is 0 Å². The molecule has 0 fully saturated rings. The number of nitrogens with one attached hydrogen (secondary N) is 1. The molecule has 0 radical (unpaired) electrons. The molecule has 0 spiro atoms. The van der Waals surface area contributed by atoms with Gasteiger partial charge < -0.3 is 4.98 Å². The minimum absolute atomic E-state index is 0.0571. The summed E-state index contributed by atoms with van der Waals surface area (Å²) in [6.45, 7) is 0. The molecule has 1 N–H and O–H groups in total. The molecule has 5 rings (SSSR count). The first kappa shape index (κ1) is 22.3. The summed E-state index contributed by atoms with van der Waals surface area (Å²) in [6.07, 6.45) is 3.82. The lowest BCUT2D eigenvalue weighted by Gasteiger charge is -2.13. The highest BCUT2D eigenvalue weighted by Crippen LogP contribution is 2.27. The Hall–Kier alpha value is -4.50. The molecular formula is C32H27N3. The second-order valence-electron chi connectivity index (χ2n) is 8.37. The van der Waals surface area contributed by atoms with Crippen LogP contribution in [0.15, 0.2) is 143 Å². The highest BCUT2D eigenvalue weighted by atomic mass is 14.8. The van der Waals surface area contributed by atoms with E-state index in [1.165, 1.54) is 0 Å². The summed E-state index contributed by atoms with van der Waals surface area (Å²) < 4.78 is 0. The lowest BCUT2D eigenvalue weighted by atomic mass is 9.99. The van der Waals surface area contributed by atoms with Crippen LogP contribution in [-0.2, 0) is 0 Å². The van der Waals surface area contributed by atoms with Crippen LogP contribution in [0.4, 0.5) is 0 Å². The molecule has 5 aromatic rings. The van der Waals surface area contributed by atoms with Gasteiger partial charge in [-0.05, 0) is 34.4 Å². The fourth-order valence-corrected chi connectivity index (χ4v) is 4.16. The van der Waals surface area contributed by atoms with Gasteiger partial charge in [-0.15, -0.1) is 0 Å². The normalized spacial score (nSPS) is 11.7. The number of aliphatic imine (C=N–C) groups is 2. The maximum atomic E-state index is 4.94. The average Bonchev–Trinajstić information content (AvgIpc) is 3.39. The number of hydrogen-bond donors (Lipinski definition) is 1. The lowest BCUT2D eigenvalue weighted by molar-refractivity contribution is 0.876. The van der Waals surface area contributed by atoms with Gasteiger partial charge in [-0.25, -0.2) is 0 Å². The van der Waals surface area contributed by atoms with Crippen molar-refractivity contribution in [2.75, 3.05) is 0 Å². The van der Waals surface area contributed by atoms with Crippen LogP contribution < -0.4 is 0 Å². The third-order valence-electron chi connectivity index (χ3n) is 5.92. The molecule has 0 saturated heterocycles. The van der Waals surface area contributed by atoms with E-state index in [9.17, 15) is 0 Å². The molecule has 35 heavy (non-hydrogen) atoms. The van der Waals surface area contributed by atoms with Crippen LogP contribution in [-0.4, -0.2) is 17.4 Å². The molecule has 0 atom stereocenters. The quantitative estimate of drug-likeness (QED) is 0.237. The van der Waals surface area contributed by atoms with Crippen molar-refractivity contribution in [3.63, 3.8) is 0 Å². The van der Waals surface area contributed by atoms with E-state index in [1.807, 2.05) is 48.8 Å². The van der Waals surface area contributed by atoms with E-state index in [1.54, 1.807) is 0 Å². The number of aromatic amines is 1. The topological polar surface area (TPSA) is 40.5 Å². The number of hydrogen-bond acceptors (Lipinski definition) is 2. The van der Waals surface area contributed by atoms with Crippen LogP contribution in [0.5, 0.6) is 0 Å². The zero-order valence-electron chi connectivity index (χ0n) is 19.4. The Morgan fingerprint density at radius 3 is 0.971 bits per heavy atom. The van der Waals surface area contributed by atoms with E-state index in [0.717, 1.165) is 33.6 Å². The smallest absolute Gasteiger partial charge is 0.1000 e. The Morgan fingerprint density at radius 1 is 0.400 bits per heavy atom. The minimum atomic E-state index is -0.0571. The molecule has 1 heterocycles. The Morgan fingerprint density at radius 2 is 0.686 bits per heavy atom. The van der Waals surface area contributed by atoms with E-state index in [0.29, 0.717) is 0 Å². The molecule has 1 aromatic heterocycles. The fraction of sp³-hybridized carbons (Fsp3) is 0.0625. The molecule has 0 aliphatic carbocycles. The molecule has 0 bridgehead atoms. The van der Waals surface area contributed by atoms with Gasteiger partial charge in [0.25, 0.3) is 0 Å². The first-order valence-corrected chi connectivity index (χ1v) is 11.8. The van der Waals surface area contributed by atoms with E-state index in [4.69, 9.17) is 9.98 Å². The van der Waals surface area contributed by atoms with Gasteiger partial charge in [0.2, 0.25) is 0 Å². The summed E-state index contributed by atoms with van der Waals surface area (Å²) in [6, 6.07) is 45.5. The standard InChI is InChI=1S/C32H27N3/c1-5-13-25(14-6-1)31(26-15-7-2-8-16-26)33-23-29-21-22-30(35-29)24-34-32(27-17-9-3-10-18-27)28-19-11-4-12-20-28/h1-24,31-32,35H. The van der Waals surface area contributed by atoms with Crippen LogP contribution >= 0.6 is 0 Å². The fourth-order valence-electron chi connectivity index (χ4n) is 4.16. The maximum absolute atomic E-state index is 4.94. The highest BCUT2D eigenvalue weighted by Gasteiger charge is 2.13. The van der Waals surface area contributed by atoms with Crippen molar-refractivity contribution in [3.05, 3.63) is 167 Å². The monoisotopic (exact) mass is 453 g/mol. The van der Waals surface area contributed by atoms with Gasteiger partial charge >= 0.3 is 0 Å². The predicted octanol–water partition coefficient (Wildman–Crippen LogP) is 7.43. The van der Waals surface area contributed by atoms with Crippen LogP contribution in [0.2, 0.25) is 0 Å². The molecule has 0 aliphatic rings. The highest BCUT2D eigenvalue weighted by molar-refractivity contribution is 5.83. The molecule has 0 amide bonds. The lowest BCUT2D eigenvalue weighted by Crippen LogP contribution is -1.99. The Kier molecular flexibility index (Phi) is 7.06. The van der Waals surface area contributed by atoms with Crippen LogP contribution in [0.25, 0.3) is 0 Å². The van der Waals surface area contributed by atoms with E-state index >= 15 is 0 Å². The van der Waals surface area contributed by atoms with Crippen molar-refractivity contribution in [3.8, 4) is 0 Å². The second kappa shape index (κ2) is 11.1. The summed E-state index contributed by atoms with van der Waals surface area (Å²) in [7, 11) is 0. The second-order valence-corrected chi connectivity index (χ2v) is 8.37. The molecule has 3 heteroatoms. The van der Waals surface area contributed by atoms with Crippen LogP contribution in [0.1, 0.15) is 45.7 Å². The number of nitrogens with zero attached hydrogens (tertiary/aromatic N) is 2. The summed E-state index contributed by atoms with van der Waals surface area (Å²) in [4.78, 5) is 13.3. The van der Waals surface area contributed by atoms with Crippen molar-refractivity contribution in [1.82, 2.24) is 4.98 Å². The average molecular weight is 454 g/mol. The summed E-state index contributed by atoms with van der Waals surface area (Å²) in [5.41, 5.74) is 6.54. The van der Waals surface area contributed by atoms with Crippen molar-refractivity contribution in [2.24, 2.45) is 9.98 Å². The van der Waals surface area contributed by atoms with Crippen LogP contribution in [0.3, 0.4) is 0 Å². The van der Waals surface area contributed by atoms with E-state index in [-0.39, 0.29) is 12.1 Å². The van der Waals surface area contributed by atoms with Gasteiger partial charge in [0, 0.05) is 12.4 Å². The first-order valence-electron chi connectivity index (χ1n) is 11.8. The van der Waals surface area contributed by atoms with Gasteiger partial charge in [-0.3, -0.25) is 9.98 Å². The number of rotatable bonds is 8. The van der Waals surface area contributed by atoms with Crippen molar-refractivity contribution in [1.29, 1.82) is 0 Å². The van der Waals surface area contributed by atoms with Gasteiger partial charge in [0.05, 0.1) is 23.5 Å². The number of benzene rings is 4. The SMILES string of the molecule is C(=NC(c1ccccc1)c1ccccc1)c1ccc(C=NC(c2ccccc2)c2ccccc2)[nH]1. The zero-order valence-corrected chi connectivity index (χ0v) is 19.4. The Bertz CT molecular complexity index is 1190. The maximum Gasteiger partial charge on any atom is 0.1000 e. The van der Waals surface area contributed by atoms with Gasteiger partial charge in [0.15, 0.2) is 0 Å². The summed E-state index contributed by atoms with van der Waals surface area (Å²) >= 11 is 0. The zero-order chi connectivity index (χ0) is 23.7. The van der Waals surface area contributed by atoms with Crippen LogP contribution in [0, 0.1) is 0 Å². The molecule has 0 unspecified atom stereocenters. The molecule has 170 valence electrons. The van der Waals surface area contributed by atoms with Gasteiger partial charge in [-0.2, -0.15) is 0 Å². The Labute approximate surface area is 206 Å². The first-order chi connectivity index (χ1) is 17.4. The van der Waals surface area contributed by atoms with Crippen molar-refractivity contribution < 1.29 is 0 Å². The minimum Gasteiger partial charge on any atom is -0.353 e. The van der Waals surface area contributed by atoms with E-state index < -0.39 is 0 Å². The molecule has 3 nitrogen and oxygen atoms in total. The molecule has 0 saturated carbocycles. The number of H-pyrrole nitrogens is 1. The van der Waals surface area contributed by atoms with Crippen molar-refractivity contribution in [2.45, 2.75) is 12.1 Å². The third-order valence-corrected chi connectivity index (χ3v) is 5.92. The molecular weight excluding hydrogens is 426 g/mol. The molecule has 0 aliphatic heterocycles. The Balaban J connectivity index is 1.38. The van der Waals surface area contributed by atoms with Crippen molar-refractivity contribution >= 4 is 12.4 Å². The number of aromatic nitrogens is 1. The van der Waals surface area contributed by atoms with E-state index in [2.05, 4.69) is 102 Å². The third kappa shape index (κ3) is 5.71. The molecule has 4 aromatic carbocycles. The summed E-state index contributed by atoms with van der Waals surface area (Å²) in [5, 5.41) is 0. The largest absolute Gasteiger partial charge is 0.353 e. The predicted molar refractivity (Wildman–Crippen MR) is 145 cm³/mol. The van der Waals surface area contributed by atoms with Gasteiger partial charge in [-0.1, -0.05) is 121 Å². The summed E-state index contributed by atoms with van der Waals surface area (Å²) in [5.74, 6) is 0.